The molecule has 0 atom stereocenters. The lowest BCUT2D eigenvalue weighted by Crippen LogP contribution is -2.25. The summed E-state index contributed by atoms with van der Waals surface area (Å²) in [6.07, 6.45) is 2.59. The Bertz CT molecular complexity index is 111. The van der Waals surface area contributed by atoms with Crippen molar-refractivity contribution in [1.82, 2.24) is 4.90 Å². The van der Waals surface area contributed by atoms with Gasteiger partial charge in [0.1, 0.15) is 0 Å². The first-order valence-corrected chi connectivity index (χ1v) is 7.00. The maximum absolute atomic E-state index is 2.30. The molecule has 0 heterocycles. The lowest BCUT2D eigenvalue weighted by Gasteiger charge is -2.18. The van der Waals surface area contributed by atoms with Gasteiger partial charge >= 0.3 is 0 Å². The van der Waals surface area contributed by atoms with Gasteiger partial charge in [-0.3, -0.25) is 0 Å². The van der Waals surface area contributed by atoms with Crippen molar-refractivity contribution < 1.29 is 0 Å². The Balaban J connectivity index is -0.000000183. The van der Waals surface area contributed by atoms with Crippen LogP contribution in [0.2, 0.25) is 0 Å². The van der Waals surface area contributed by atoms with Crippen molar-refractivity contribution in [3.05, 3.63) is 0 Å². The van der Waals surface area contributed by atoms with Crippen LogP contribution in [0.25, 0.3) is 0 Å². The van der Waals surface area contributed by atoms with Crippen LogP contribution in [0, 0.1) is 5.41 Å². The van der Waals surface area contributed by atoms with E-state index < -0.39 is 0 Å². The highest BCUT2D eigenvalue weighted by atomic mass is 15.1. The Kier molecular flexibility index (Phi) is 17.3. The maximum atomic E-state index is 2.30. The van der Waals surface area contributed by atoms with Crippen LogP contribution >= 0.6 is 0 Å². The standard InChI is InChI=1S/C7H16.C6H15N.C2H6/c1-5-7(3,4)6-2;1-5-7(4)6(2)3;1-2/h5-6H2,1-4H3;6H,5H2,1-4H3;1-2H3. The van der Waals surface area contributed by atoms with Gasteiger partial charge in [-0.1, -0.05) is 61.3 Å². The minimum atomic E-state index is 0.583. The van der Waals surface area contributed by atoms with E-state index >= 15 is 0 Å². The molecule has 0 spiro atoms. The molecule has 0 N–H and O–H groups in total. The first kappa shape index (κ1) is 21.3. The van der Waals surface area contributed by atoms with Crippen LogP contribution in [0.3, 0.4) is 0 Å². The average molecular weight is 231 g/mol. The Morgan fingerprint density at radius 2 is 1.25 bits per heavy atom. The molecule has 0 radical (unpaired) electrons. The molecule has 102 valence electrons. The molecule has 0 fully saturated rings. The molecule has 16 heavy (non-hydrogen) atoms. The second kappa shape index (κ2) is 13.0. The first-order valence-electron chi connectivity index (χ1n) is 7.00. The molecule has 0 unspecified atom stereocenters. The molecule has 1 nitrogen and oxygen atoms in total. The van der Waals surface area contributed by atoms with Crippen LogP contribution in [0.5, 0.6) is 0 Å². The average Bonchev–Trinajstić information content (AvgIpc) is 2.31. The largest absolute Gasteiger partial charge is 0.304 e. The molecule has 0 aromatic rings. The van der Waals surface area contributed by atoms with Crippen molar-refractivity contribution in [2.45, 2.75) is 81.2 Å². The Hall–Kier alpha value is -0.0400. The molecule has 0 aromatic carbocycles. The predicted octanol–water partition coefficient (Wildman–Crippen LogP) is 5.21. The zero-order valence-corrected chi connectivity index (χ0v) is 13.6. The van der Waals surface area contributed by atoms with Crippen molar-refractivity contribution >= 4 is 0 Å². The number of rotatable bonds is 4. The lowest BCUT2D eigenvalue weighted by atomic mass is 9.88. The van der Waals surface area contributed by atoms with Gasteiger partial charge in [0.15, 0.2) is 0 Å². The van der Waals surface area contributed by atoms with Gasteiger partial charge in [0.05, 0.1) is 0 Å². The molecule has 0 rings (SSSR count). The smallest absolute Gasteiger partial charge is 0.00354 e. The van der Waals surface area contributed by atoms with Crippen LogP contribution < -0.4 is 0 Å². The lowest BCUT2D eigenvalue weighted by molar-refractivity contribution is 0.289. The van der Waals surface area contributed by atoms with E-state index in [1.807, 2.05) is 13.8 Å². The predicted molar refractivity (Wildman–Crippen MR) is 79.2 cm³/mol. The van der Waals surface area contributed by atoms with Crippen LogP contribution in [-0.2, 0) is 0 Å². The summed E-state index contributed by atoms with van der Waals surface area (Å²) in [4.78, 5) is 2.29. The summed E-state index contributed by atoms with van der Waals surface area (Å²) >= 11 is 0. The van der Waals surface area contributed by atoms with E-state index in [0.29, 0.717) is 11.5 Å². The molecule has 0 saturated carbocycles. The fourth-order valence-electron chi connectivity index (χ4n) is 0.615. The fraction of sp³-hybridized carbons (Fsp3) is 1.00. The molecule has 0 aromatic heterocycles. The summed E-state index contributed by atoms with van der Waals surface area (Å²) in [5.74, 6) is 0. The van der Waals surface area contributed by atoms with Crippen LogP contribution in [0.4, 0.5) is 0 Å². The third-order valence-electron chi connectivity index (χ3n) is 3.29. The molecular weight excluding hydrogens is 194 g/mol. The normalized spacial score (nSPS) is 10.5. The van der Waals surface area contributed by atoms with Gasteiger partial charge in [0.25, 0.3) is 0 Å². The van der Waals surface area contributed by atoms with Crippen LogP contribution in [0.1, 0.15) is 75.2 Å². The van der Waals surface area contributed by atoms with Gasteiger partial charge in [0, 0.05) is 6.04 Å². The van der Waals surface area contributed by atoms with Gasteiger partial charge in [-0.05, 0) is 32.9 Å². The van der Waals surface area contributed by atoms with Crippen molar-refractivity contribution in [3.63, 3.8) is 0 Å². The zero-order valence-electron chi connectivity index (χ0n) is 13.6. The second-order valence-corrected chi connectivity index (χ2v) is 5.04. The highest BCUT2D eigenvalue weighted by Gasteiger charge is 2.09. The number of nitrogens with zero attached hydrogens (tertiary/aromatic N) is 1. The Morgan fingerprint density at radius 3 is 1.25 bits per heavy atom. The molecule has 0 aliphatic heterocycles. The van der Waals surface area contributed by atoms with E-state index in [4.69, 9.17) is 0 Å². The van der Waals surface area contributed by atoms with E-state index in [2.05, 4.69) is 60.4 Å². The van der Waals surface area contributed by atoms with Crippen LogP contribution in [0.15, 0.2) is 0 Å². The Labute approximate surface area is 106 Å². The first-order chi connectivity index (χ1) is 7.30. The molecular formula is C15H37N. The summed E-state index contributed by atoms with van der Waals surface area (Å²) in [7, 11) is 2.13. The van der Waals surface area contributed by atoms with Gasteiger partial charge in [-0.2, -0.15) is 0 Å². The van der Waals surface area contributed by atoms with Crippen LogP contribution in [-0.4, -0.2) is 24.5 Å². The van der Waals surface area contributed by atoms with E-state index in [1.54, 1.807) is 0 Å². The highest BCUT2D eigenvalue weighted by molar-refractivity contribution is 4.61. The second-order valence-electron chi connectivity index (χ2n) is 5.04. The van der Waals surface area contributed by atoms with Gasteiger partial charge < -0.3 is 4.90 Å². The minimum absolute atomic E-state index is 0.583. The van der Waals surface area contributed by atoms with Crippen molar-refractivity contribution in [2.75, 3.05) is 13.6 Å². The molecule has 0 aliphatic carbocycles. The third-order valence-corrected chi connectivity index (χ3v) is 3.29. The van der Waals surface area contributed by atoms with Crippen molar-refractivity contribution in [2.24, 2.45) is 5.41 Å². The van der Waals surface area contributed by atoms with Crippen molar-refractivity contribution in [3.8, 4) is 0 Å². The monoisotopic (exact) mass is 231 g/mol. The summed E-state index contributed by atoms with van der Waals surface area (Å²) in [6.45, 7) is 20.8. The topological polar surface area (TPSA) is 3.24 Å². The molecule has 0 saturated heterocycles. The maximum Gasteiger partial charge on any atom is 0.00354 e. The number of hydrogen-bond donors (Lipinski definition) is 0. The molecule has 0 amide bonds. The zero-order chi connectivity index (χ0) is 13.8. The van der Waals surface area contributed by atoms with E-state index in [9.17, 15) is 0 Å². The minimum Gasteiger partial charge on any atom is -0.304 e. The van der Waals surface area contributed by atoms with Crippen molar-refractivity contribution in [1.29, 1.82) is 0 Å². The van der Waals surface area contributed by atoms with E-state index in [1.165, 1.54) is 12.8 Å². The van der Waals surface area contributed by atoms with E-state index in [-0.39, 0.29) is 0 Å². The van der Waals surface area contributed by atoms with Gasteiger partial charge in [-0.15, -0.1) is 0 Å². The Morgan fingerprint density at radius 1 is 0.938 bits per heavy atom. The summed E-state index contributed by atoms with van der Waals surface area (Å²) in [5, 5.41) is 0. The third kappa shape index (κ3) is 16.4. The molecule has 0 aliphatic rings. The fourth-order valence-corrected chi connectivity index (χ4v) is 0.615. The highest BCUT2D eigenvalue weighted by Crippen LogP contribution is 2.22. The molecule has 1 heteroatoms. The quantitative estimate of drug-likeness (QED) is 0.642. The van der Waals surface area contributed by atoms with Gasteiger partial charge in [-0.25, -0.2) is 0 Å². The molecule has 0 bridgehead atoms. The number of hydrogen-bond acceptors (Lipinski definition) is 1. The SMILES string of the molecule is CC.CCC(C)(C)CC.CCN(C)C(C)C. The summed E-state index contributed by atoms with van der Waals surface area (Å²) in [5.41, 5.74) is 0.583. The summed E-state index contributed by atoms with van der Waals surface area (Å²) < 4.78 is 0. The summed E-state index contributed by atoms with van der Waals surface area (Å²) in [6, 6.07) is 0.699. The van der Waals surface area contributed by atoms with Gasteiger partial charge in [0.2, 0.25) is 0 Å². The van der Waals surface area contributed by atoms with E-state index in [0.717, 1.165) is 6.54 Å².